The van der Waals surface area contributed by atoms with E-state index in [0.29, 0.717) is 20.7 Å². The average Bonchev–Trinajstić information content (AvgIpc) is 3.09. The van der Waals surface area contributed by atoms with Gasteiger partial charge in [-0.25, -0.2) is 0 Å². The predicted molar refractivity (Wildman–Crippen MR) is 106 cm³/mol. The minimum atomic E-state index is -0.725. The van der Waals surface area contributed by atoms with Crippen LogP contribution in [0.3, 0.4) is 0 Å². The number of benzene rings is 1. The number of nitrogens with zero attached hydrogens (tertiary/aromatic N) is 1. The molecule has 0 spiro atoms. The van der Waals surface area contributed by atoms with Crippen LogP contribution in [0.15, 0.2) is 47.1 Å². The molecule has 1 N–H and O–H groups in total. The Kier molecular flexibility index (Phi) is 5.41. The van der Waals surface area contributed by atoms with Crippen molar-refractivity contribution < 1.29 is 14.0 Å². The van der Waals surface area contributed by atoms with Gasteiger partial charge in [0, 0.05) is 15.3 Å². The molecule has 1 saturated heterocycles. The Morgan fingerprint density at radius 2 is 2.04 bits per heavy atom. The lowest BCUT2D eigenvalue weighted by molar-refractivity contribution is -0.130. The van der Waals surface area contributed by atoms with Gasteiger partial charge in [-0.05, 0) is 50.2 Å². The van der Waals surface area contributed by atoms with Gasteiger partial charge < -0.3 is 9.73 Å². The third kappa shape index (κ3) is 3.95. The Labute approximate surface area is 166 Å². The van der Waals surface area contributed by atoms with Crippen LogP contribution in [0, 0.1) is 0 Å². The van der Waals surface area contributed by atoms with Crippen LogP contribution in [-0.4, -0.2) is 31.8 Å². The second-order valence-corrected chi connectivity index (χ2v) is 9.11. The molecule has 3 rings (SSSR count). The van der Waals surface area contributed by atoms with Crippen LogP contribution in [0.2, 0.25) is 5.02 Å². The smallest absolute Gasteiger partial charge is 0.252 e. The summed E-state index contributed by atoms with van der Waals surface area (Å²) >= 11 is 12.6. The molecule has 0 radical (unpaired) electrons. The van der Waals surface area contributed by atoms with Gasteiger partial charge in [0.25, 0.3) is 11.8 Å². The number of halogens is 1. The van der Waals surface area contributed by atoms with Crippen LogP contribution in [-0.2, 0) is 11.3 Å². The van der Waals surface area contributed by atoms with Gasteiger partial charge in [-0.3, -0.25) is 14.5 Å². The van der Waals surface area contributed by atoms with Gasteiger partial charge in [-0.1, -0.05) is 35.6 Å². The maximum Gasteiger partial charge on any atom is 0.252 e. The molecular weight excluding hydrogens is 392 g/mol. The van der Waals surface area contributed by atoms with Crippen molar-refractivity contribution in [3.63, 3.8) is 0 Å². The summed E-state index contributed by atoms with van der Waals surface area (Å²) in [5, 5.41) is 3.38. The highest BCUT2D eigenvalue weighted by molar-refractivity contribution is 8.24. The lowest BCUT2D eigenvalue weighted by Crippen LogP contribution is -2.62. The van der Waals surface area contributed by atoms with Crippen LogP contribution in [0.1, 0.15) is 30.0 Å². The zero-order valence-electron chi connectivity index (χ0n) is 14.2. The number of thiocarbonyl (C=S) groups is 1. The second-order valence-electron chi connectivity index (χ2n) is 6.39. The van der Waals surface area contributed by atoms with E-state index in [0.717, 1.165) is 0 Å². The van der Waals surface area contributed by atoms with Gasteiger partial charge in [0.1, 0.15) is 16.1 Å². The molecular formula is C18H17ClN2O3S2. The summed E-state index contributed by atoms with van der Waals surface area (Å²) in [4.78, 5) is 27.1. The molecule has 2 aromatic rings. The number of amides is 2. The van der Waals surface area contributed by atoms with Crippen molar-refractivity contribution in [2.45, 2.75) is 31.2 Å². The number of hydrogen-bond donors (Lipinski definition) is 1. The number of furan rings is 1. The molecule has 1 unspecified atom stereocenters. The molecule has 2 heterocycles. The SMILES string of the molecule is CC1(C)SC(=S)N(Cc2ccco2)C(=O)C1NC(=O)c1ccc(Cl)cc1. The highest BCUT2D eigenvalue weighted by Crippen LogP contribution is 2.37. The Balaban J connectivity index is 1.81. The summed E-state index contributed by atoms with van der Waals surface area (Å²) in [6.07, 6.45) is 1.55. The van der Waals surface area contributed by atoms with Crippen LogP contribution >= 0.6 is 35.6 Å². The van der Waals surface area contributed by atoms with E-state index < -0.39 is 10.8 Å². The van der Waals surface area contributed by atoms with Gasteiger partial charge in [-0.2, -0.15) is 0 Å². The molecule has 1 aliphatic rings. The molecule has 1 aromatic heterocycles. The summed E-state index contributed by atoms with van der Waals surface area (Å²) in [6, 6.07) is 9.32. The first-order valence-electron chi connectivity index (χ1n) is 7.91. The molecule has 136 valence electrons. The number of carbonyl (C=O) groups excluding carboxylic acids is 2. The molecule has 5 nitrogen and oxygen atoms in total. The molecule has 0 saturated carbocycles. The number of carbonyl (C=O) groups is 2. The summed E-state index contributed by atoms with van der Waals surface area (Å²) in [6.45, 7) is 4.01. The maximum absolute atomic E-state index is 13.0. The summed E-state index contributed by atoms with van der Waals surface area (Å²) in [5.74, 6) is 0.0423. The molecule has 1 aliphatic heterocycles. The Bertz CT molecular complexity index is 835. The molecule has 26 heavy (non-hydrogen) atoms. The molecule has 1 aromatic carbocycles. The fourth-order valence-electron chi connectivity index (χ4n) is 2.63. The lowest BCUT2D eigenvalue weighted by Gasteiger charge is -2.42. The van der Waals surface area contributed by atoms with Gasteiger partial charge in [0.15, 0.2) is 0 Å². The first kappa shape index (κ1) is 18.9. The molecule has 0 aliphatic carbocycles. The van der Waals surface area contributed by atoms with Gasteiger partial charge >= 0.3 is 0 Å². The minimum absolute atomic E-state index is 0.237. The summed E-state index contributed by atoms with van der Waals surface area (Å²) < 4.78 is 5.21. The van der Waals surface area contributed by atoms with Crippen LogP contribution in [0.5, 0.6) is 0 Å². The zero-order chi connectivity index (χ0) is 18.9. The topological polar surface area (TPSA) is 62.6 Å². The van der Waals surface area contributed by atoms with E-state index in [1.807, 2.05) is 13.8 Å². The van der Waals surface area contributed by atoms with E-state index in [9.17, 15) is 9.59 Å². The van der Waals surface area contributed by atoms with Crippen molar-refractivity contribution in [1.29, 1.82) is 0 Å². The number of thioether (sulfide) groups is 1. The minimum Gasteiger partial charge on any atom is -0.467 e. The van der Waals surface area contributed by atoms with Crippen molar-refractivity contribution in [3.05, 3.63) is 59.0 Å². The summed E-state index contributed by atoms with van der Waals surface area (Å²) in [7, 11) is 0. The third-order valence-electron chi connectivity index (χ3n) is 4.05. The van der Waals surface area contributed by atoms with Crippen molar-refractivity contribution in [3.8, 4) is 0 Å². The average molecular weight is 409 g/mol. The lowest BCUT2D eigenvalue weighted by atomic mass is 10.0. The maximum atomic E-state index is 13.0. The Hall–Kier alpha value is -1.83. The number of nitrogens with one attached hydrogen (secondary N) is 1. The fraction of sp³-hybridized carbons (Fsp3) is 0.278. The Morgan fingerprint density at radius 3 is 2.65 bits per heavy atom. The summed E-state index contributed by atoms with van der Waals surface area (Å²) in [5.41, 5.74) is 0.439. The normalized spacial score (nSPS) is 19.5. The van der Waals surface area contributed by atoms with E-state index in [1.165, 1.54) is 16.7 Å². The fourth-order valence-corrected chi connectivity index (χ4v) is 4.55. The monoisotopic (exact) mass is 408 g/mol. The van der Waals surface area contributed by atoms with E-state index in [-0.39, 0.29) is 18.4 Å². The van der Waals surface area contributed by atoms with Crippen molar-refractivity contribution >= 4 is 51.7 Å². The van der Waals surface area contributed by atoms with Crippen molar-refractivity contribution in [2.24, 2.45) is 0 Å². The number of hydrogen-bond acceptors (Lipinski definition) is 5. The van der Waals surface area contributed by atoms with E-state index in [2.05, 4.69) is 5.32 Å². The van der Waals surface area contributed by atoms with Gasteiger partial charge in [0.05, 0.1) is 12.8 Å². The zero-order valence-corrected chi connectivity index (χ0v) is 16.6. The molecule has 1 atom stereocenters. The van der Waals surface area contributed by atoms with E-state index in [1.54, 1.807) is 42.7 Å². The molecule has 1 fully saturated rings. The first-order valence-corrected chi connectivity index (χ1v) is 9.51. The van der Waals surface area contributed by atoms with Crippen LogP contribution in [0.4, 0.5) is 0 Å². The van der Waals surface area contributed by atoms with Gasteiger partial charge in [0.2, 0.25) is 0 Å². The second kappa shape index (κ2) is 7.42. The molecule has 8 heteroatoms. The van der Waals surface area contributed by atoms with Gasteiger partial charge in [-0.15, -0.1) is 0 Å². The van der Waals surface area contributed by atoms with Crippen molar-refractivity contribution in [1.82, 2.24) is 10.2 Å². The first-order chi connectivity index (χ1) is 12.3. The third-order valence-corrected chi connectivity index (χ3v) is 5.93. The van der Waals surface area contributed by atoms with Crippen LogP contribution < -0.4 is 5.32 Å². The highest BCUT2D eigenvalue weighted by atomic mass is 35.5. The Morgan fingerprint density at radius 1 is 1.35 bits per heavy atom. The van der Waals surface area contributed by atoms with E-state index >= 15 is 0 Å². The van der Waals surface area contributed by atoms with Crippen molar-refractivity contribution in [2.75, 3.05) is 0 Å². The van der Waals surface area contributed by atoms with Crippen LogP contribution in [0.25, 0.3) is 0 Å². The predicted octanol–water partition coefficient (Wildman–Crippen LogP) is 3.87. The van der Waals surface area contributed by atoms with E-state index in [4.69, 9.17) is 28.2 Å². The highest BCUT2D eigenvalue weighted by Gasteiger charge is 2.46. The number of rotatable bonds is 4. The standard InChI is InChI=1S/C18H17ClN2O3S2/c1-18(2)14(20-15(22)11-5-7-12(19)8-6-11)16(23)21(17(25)26-18)10-13-4-3-9-24-13/h3-9,14H,10H2,1-2H3,(H,20,22). The largest absolute Gasteiger partial charge is 0.467 e. The molecule has 2 amide bonds. The molecule has 0 bridgehead atoms. The quantitative estimate of drug-likeness (QED) is 0.778.